The topological polar surface area (TPSA) is 26.0 Å². The maximum atomic E-state index is 5.79. The molecule has 1 aromatic rings. The summed E-state index contributed by atoms with van der Waals surface area (Å²) in [6.07, 6.45) is 6.58. The molecule has 1 aromatic carbocycles. The van der Waals surface area contributed by atoms with Gasteiger partial charge in [-0.1, -0.05) is 24.3 Å². The lowest BCUT2D eigenvalue weighted by atomic mass is 9.96. The number of hydrogen-bond donors (Lipinski definition) is 1. The zero-order valence-electron chi connectivity index (χ0n) is 6.38. The van der Waals surface area contributed by atoms with E-state index in [2.05, 4.69) is 18.2 Å². The molecular formula is C10H11N. The molecule has 2 rings (SSSR count). The van der Waals surface area contributed by atoms with E-state index in [0.717, 1.165) is 18.5 Å². The molecule has 1 nitrogen and oxygen atoms in total. The second-order valence-electron chi connectivity index (χ2n) is 2.86. The van der Waals surface area contributed by atoms with Gasteiger partial charge in [-0.05, 0) is 24.5 Å². The molecule has 0 atom stereocenters. The van der Waals surface area contributed by atoms with Crippen LogP contribution in [0.2, 0.25) is 0 Å². The van der Waals surface area contributed by atoms with Crippen molar-refractivity contribution >= 4 is 11.8 Å². The van der Waals surface area contributed by atoms with E-state index in [9.17, 15) is 0 Å². The number of benzene rings is 1. The Balaban J connectivity index is 2.60. The highest BCUT2D eigenvalue weighted by Gasteiger charge is 2.05. The zero-order valence-corrected chi connectivity index (χ0v) is 6.38. The fraction of sp³-hybridized carbons (Fsp3) is 0.200. The van der Waals surface area contributed by atoms with Crippen LogP contribution in [0, 0.1) is 0 Å². The van der Waals surface area contributed by atoms with Crippen molar-refractivity contribution in [3.63, 3.8) is 0 Å². The highest BCUT2D eigenvalue weighted by atomic mass is 14.6. The van der Waals surface area contributed by atoms with Crippen LogP contribution in [0.3, 0.4) is 0 Å². The van der Waals surface area contributed by atoms with Crippen LogP contribution in [0.1, 0.15) is 17.5 Å². The first-order chi connectivity index (χ1) is 5.38. The first-order valence-electron chi connectivity index (χ1n) is 3.92. The average Bonchev–Trinajstić information content (AvgIpc) is 2.06. The van der Waals surface area contributed by atoms with Crippen molar-refractivity contribution in [3.8, 4) is 0 Å². The van der Waals surface area contributed by atoms with E-state index in [1.165, 1.54) is 11.1 Å². The molecule has 0 aliphatic heterocycles. The third-order valence-corrected chi connectivity index (χ3v) is 2.10. The molecule has 2 N–H and O–H groups in total. The lowest BCUT2D eigenvalue weighted by Gasteiger charge is -2.11. The molecular weight excluding hydrogens is 134 g/mol. The third-order valence-electron chi connectivity index (χ3n) is 2.10. The molecule has 1 heteroatoms. The molecule has 0 radical (unpaired) electrons. The minimum atomic E-state index is 0.901. The van der Waals surface area contributed by atoms with Crippen molar-refractivity contribution in [2.45, 2.75) is 12.8 Å². The van der Waals surface area contributed by atoms with Crippen molar-refractivity contribution in [2.24, 2.45) is 0 Å². The Hall–Kier alpha value is -1.24. The van der Waals surface area contributed by atoms with Crippen LogP contribution in [0.4, 0.5) is 5.69 Å². The predicted molar refractivity (Wildman–Crippen MR) is 48.2 cm³/mol. The minimum absolute atomic E-state index is 0.901. The third kappa shape index (κ3) is 1.03. The lowest BCUT2D eigenvalue weighted by Crippen LogP contribution is -1.98. The minimum Gasteiger partial charge on any atom is -0.398 e. The van der Waals surface area contributed by atoms with E-state index in [-0.39, 0.29) is 0 Å². The Kier molecular flexibility index (Phi) is 1.42. The molecule has 0 fully saturated rings. The predicted octanol–water partition coefficient (Wildman–Crippen LogP) is 2.23. The first kappa shape index (κ1) is 6.47. The number of hydrogen-bond acceptors (Lipinski definition) is 1. The van der Waals surface area contributed by atoms with Crippen molar-refractivity contribution < 1.29 is 0 Å². The molecule has 0 aromatic heterocycles. The maximum absolute atomic E-state index is 5.79. The smallest absolute Gasteiger partial charge is 0.0390 e. The number of nitrogen functional groups attached to an aromatic ring is 1. The van der Waals surface area contributed by atoms with Crippen LogP contribution in [0.5, 0.6) is 0 Å². The van der Waals surface area contributed by atoms with Crippen molar-refractivity contribution in [1.29, 1.82) is 0 Å². The molecule has 0 bridgehead atoms. The number of allylic oxidation sites excluding steroid dienone is 1. The molecule has 0 amide bonds. The normalized spacial score (nSPS) is 14.5. The molecule has 1 aliphatic rings. The van der Waals surface area contributed by atoms with Crippen LogP contribution in [0.15, 0.2) is 24.3 Å². The quantitative estimate of drug-likeness (QED) is 0.556. The molecule has 56 valence electrons. The van der Waals surface area contributed by atoms with Gasteiger partial charge in [0.15, 0.2) is 0 Å². The summed E-state index contributed by atoms with van der Waals surface area (Å²) in [5, 5.41) is 0. The highest BCUT2D eigenvalue weighted by molar-refractivity contribution is 5.68. The van der Waals surface area contributed by atoms with Crippen LogP contribution < -0.4 is 5.73 Å². The van der Waals surface area contributed by atoms with Crippen molar-refractivity contribution in [1.82, 2.24) is 0 Å². The van der Waals surface area contributed by atoms with E-state index in [0.29, 0.717) is 0 Å². The molecule has 0 saturated carbocycles. The Morgan fingerprint density at radius 2 is 2.18 bits per heavy atom. The summed E-state index contributed by atoms with van der Waals surface area (Å²) in [4.78, 5) is 0. The van der Waals surface area contributed by atoms with Gasteiger partial charge in [0, 0.05) is 11.3 Å². The summed E-state index contributed by atoms with van der Waals surface area (Å²) in [6, 6.07) is 6.12. The van der Waals surface area contributed by atoms with Gasteiger partial charge < -0.3 is 5.73 Å². The number of anilines is 1. The van der Waals surface area contributed by atoms with Crippen LogP contribution in [0.25, 0.3) is 6.08 Å². The summed E-state index contributed by atoms with van der Waals surface area (Å²) in [5.74, 6) is 0. The summed E-state index contributed by atoms with van der Waals surface area (Å²) in [6.45, 7) is 0. The number of nitrogens with two attached hydrogens (primary N) is 1. The SMILES string of the molecule is Nc1cccc2c1C=CCC2. The first-order valence-corrected chi connectivity index (χ1v) is 3.92. The monoisotopic (exact) mass is 145 g/mol. The fourth-order valence-electron chi connectivity index (χ4n) is 1.49. The van der Waals surface area contributed by atoms with E-state index in [1.54, 1.807) is 0 Å². The van der Waals surface area contributed by atoms with Crippen LogP contribution in [-0.2, 0) is 6.42 Å². The van der Waals surface area contributed by atoms with Gasteiger partial charge in [-0.2, -0.15) is 0 Å². The van der Waals surface area contributed by atoms with Gasteiger partial charge in [0.2, 0.25) is 0 Å². The van der Waals surface area contributed by atoms with Crippen LogP contribution in [-0.4, -0.2) is 0 Å². The second-order valence-corrected chi connectivity index (χ2v) is 2.86. The van der Waals surface area contributed by atoms with Gasteiger partial charge in [0.25, 0.3) is 0 Å². The number of fused-ring (bicyclic) bond motifs is 1. The molecule has 0 heterocycles. The second kappa shape index (κ2) is 2.42. The molecule has 11 heavy (non-hydrogen) atoms. The lowest BCUT2D eigenvalue weighted by molar-refractivity contribution is 0.987. The Morgan fingerprint density at radius 1 is 1.27 bits per heavy atom. The van der Waals surface area contributed by atoms with Gasteiger partial charge in [-0.25, -0.2) is 0 Å². The van der Waals surface area contributed by atoms with Gasteiger partial charge in [-0.15, -0.1) is 0 Å². The van der Waals surface area contributed by atoms with Crippen molar-refractivity contribution in [2.75, 3.05) is 5.73 Å². The Morgan fingerprint density at radius 3 is 3.00 bits per heavy atom. The number of rotatable bonds is 0. The molecule has 0 saturated heterocycles. The summed E-state index contributed by atoms with van der Waals surface area (Å²) >= 11 is 0. The zero-order chi connectivity index (χ0) is 7.68. The van der Waals surface area contributed by atoms with Gasteiger partial charge in [0.1, 0.15) is 0 Å². The van der Waals surface area contributed by atoms with E-state index in [1.807, 2.05) is 12.1 Å². The largest absolute Gasteiger partial charge is 0.398 e. The Bertz CT molecular complexity index is 300. The molecule has 1 aliphatic carbocycles. The molecule has 0 spiro atoms. The fourth-order valence-corrected chi connectivity index (χ4v) is 1.49. The average molecular weight is 145 g/mol. The van der Waals surface area contributed by atoms with E-state index in [4.69, 9.17) is 5.73 Å². The highest BCUT2D eigenvalue weighted by Crippen LogP contribution is 2.23. The Labute approximate surface area is 66.5 Å². The van der Waals surface area contributed by atoms with Gasteiger partial charge >= 0.3 is 0 Å². The van der Waals surface area contributed by atoms with Gasteiger partial charge in [0.05, 0.1) is 0 Å². The van der Waals surface area contributed by atoms with Crippen LogP contribution >= 0.6 is 0 Å². The van der Waals surface area contributed by atoms with Gasteiger partial charge in [-0.3, -0.25) is 0 Å². The van der Waals surface area contributed by atoms with E-state index < -0.39 is 0 Å². The number of aryl methyl sites for hydroxylation is 1. The molecule has 0 unspecified atom stereocenters. The standard InChI is InChI=1S/C10H11N/c11-10-7-3-5-8-4-1-2-6-9(8)10/h2-3,5-7H,1,4,11H2. The summed E-state index contributed by atoms with van der Waals surface area (Å²) < 4.78 is 0. The maximum Gasteiger partial charge on any atom is 0.0390 e. The summed E-state index contributed by atoms with van der Waals surface area (Å²) in [7, 11) is 0. The van der Waals surface area contributed by atoms with E-state index >= 15 is 0 Å². The summed E-state index contributed by atoms with van der Waals surface area (Å²) in [5.41, 5.74) is 9.29. The van der Waals surface area contributed by atoms with Crippen molar-refractivity contribution in [3.05, 3.63) is 35.4 Å².